The fourth-order valence-electron chi connectivity index (χ4n) is 1.58. The van der Waals surface area contributed by atoms with Crippen LogP contribution in [0.2, 0.25) is 0 Å². The topological polar surface area (TPSA) is 38.3 Å². The van der Waals surface area contributed by atoms with Gasteiger partial charge in [-0.15, -0.1) is 0 Å². The molecule has 0 bridgehead atoms. The van der Waals surface area contributed by atoms with E-state index in [1.165, 1.54) is 0 Å². The van der Waals surface area contributed by atoms with Crippen molar-refractivity contribution in [3.63, 3.8) is 0 Å². The Bertz CT molecular complexity index is 530. The SMILES string of the molecule is CCCC#Cc1ccc(NC(=O)OC(C)(C)C)c(C)c1. The maximum Gasteiger partial charge on any atom is 0.412 e. The molecule has 1 N–H and O–H groups in total. The Morgan fingerprint density at radius 2 is 2.05 bits per heavy atom. The molecule has 3 heteroatoms. The molecule has 0 fully saturated rings. The highest BCUT2D eigenvalue weighted by Crippen LogP contribution is 2.17. The van der Waals surface area contributed by atoms with Crippen LogP contribution in [0.25, 0.3) is 0 Å². The Hall–Kier alpha value is -1.95. The lowest BCUT2D eigenvalue weighted by atomic mass is 10.1. The second kappa shape index (κ2) is 7.00. The van der Waals surface area contributed by atoms with E-state index in [1.54, 1.807) is 0 Å². The van der Waals surface area contributed by atoms with Gasteiger partial charge < -0.3 is 4.74 Å². The van der Waals surface area contributed by atoms with E-state index in [9.17, 15) is 4.79 Å². The molecule has 0 aliphatic rings. The van der Waals surface area contributed by atoms with Crippen molar-refractivity contribution in [1.29, 1.82) is 0 Å². The quantitative estimate of drug-likeness (QED) is 0.806. The molecule has 0 aliphatic carbocycles. The number of amides is 1. The van der Waals surface area contributed by atoms with Gasteiger partial charge in [0.2, 0.25) is 0 Å². The van der Waals surface area contributed by atoms with Crippen LogP contribution in [0.1, 0.15) is 51.7 Å². The van der Waals surface area contributed by atoms with Crippen molar-refractivity contribution >= 4 is 11.8 Å². The van der Waals surface area contributed by atoms with Crippen LogP contribution in [0.3, 0.4) is 0 Å². The van der Waals surface area contributed by atoms with E-state index in [1.807, 2.05) is 45.9 Å². The van der Waals surface area contributed by atoms with Gasteiger partial charge in [0, 0.05) is 17.7 Å². The first-order valence-electron chi connectivity index (χ1n) is 6.91. The van der Waals surface area contributed by atoms with Crippen LogP contribution in [0, 0.1) is 18.8 Å². The lowest BCUT2D eigenvalue weighted by Gasteiger charge is -2.20. The molecule has 0 heterocycles. The second-order valence-corrected chi connectivity index (χ2v) is 5.71. The Labute approximate surface area is 121 Å². The molecule has 0 atom stereocenters. The molecule has 0 saturated carbocycles. The van der Waals surface area contributed by atoms with E-state index in [-0.39, 0.29) is 0 Å². The minimum atomic E-state index is -0.496. The van der Waals surface area contributed by atoms with Crippen LogP contribution < -0.4 is 5.32 Å². The number of ether oxygens (including phenoxy) is 1. The summed E-state index contributed by atoms with van der Waals surface area (Å²) in [6, 6.07) is 5.73. The summed E-state index contributed by atoms with van der Waals surface area (Å²) in [5, 5.41) is 2.75. The molecule has 1 rings (SSSR count). The molecular formula is C17H23NO2. The molecule has 0 aromatic heterocycles. The summed E-state index contributed by atoms with van der Waals surface area (Å²) >= 11 is 0. The molecule has 1 aromatic carbocycles. The van der Waals surface area contributed by atoms with Gasteiger partial charge >= 0.3 is 6.09 Å². The number of carbonyl (C=O) groups is 1. The number of nitrogens with one attached hydrogen (secondary N) is 1. The Morgan fingerprint density at radius 3 is 2.60 bits per heavy atom. The van der Waals surface area contributed by atoms with Gasteiger partial charge in [-0.3, -0.25) is 5.32 Å². The van der Waals surface area contributed by atoms with Crippen LogP contribution in [-0.2, 0) is 4.74 Å². The third-order valence-corrected chi connectivity index (χ3v) is 2.47. The maximum atomic E-state index is 11.7. The van der Waals surface area contributed by atoms with E-state index in [0.29, 0.717) is 0 Å². The van der Waals surface area contributed by atoms with Crippen molar-refractivity contribution < 1.29 is 9.53 Å². The molecular weight excluding hydrogens is 250 g/mol. The molecule has 1 aromatic rings. The molecule has 0 aliphatic heterocycles. The van der Waals surface area contributed by atoms with Gasteiger partial charge in [-0.2, -0.15) is 0 Å². The number of carbonyl (C=O) groups excluding carboxylic acids is 1. The van der Waals surface area contributed by atoms with Gasteiger partial charge in [-0.25, -0.2) is 4.79 Å². The number of hydrogen-bond donors (Lipinski definition) is 1. The average molecular weight is 273 g/mol. The highest BCUT2D eigenvalue weighted by Gasteiger charge is 2.16. The van der Waals surface area contributed by atoms with E-state index in [2.05, 4.69) is 24.1 Å². The van der Waals surface area contributed by atoms with Gasteiger partial charge in [0.25, 0.3) is 0 Å². The van der Waals surface area contributed by atoms with Crippen molar-refractivity contribution in [2.75, 3.05) is 5.32 Å². The Morgan fingerprint density at radius 1 is 1.35 bits per heavy atom. The van der Waals surface area contributed by atoms with Crippen molar-refractivity contribution in [2.45, 2.75) is 53.1 Å². The second-order valence-electron chi connectivity index (χ2n) is 5.71. The van der Waals surface area contributed by atoms with Crippen molar-refractivity contribution in [1.82, 2.24) is 0 Å². The van der Waals surface area contributed by atoms with Gasteiger partial charge in [0.05, 0.1) is 0 Å². The van der Waals surface area contributed by atoms with Gasteiger partial charge in [-0.1, -0.05) is 18.8 Å². The van der Waals surface area contributed by atoms with Crippen LogP contribution in [0.15, 0.2) is 18.2 Å². The first-order valence-corrected chi connectivity index (χ1v) is 6.91. The molecule has 108 valence electrons. The van der Waals surface area contributed by atoms with Crippen molar-refractivity contribution in [3.8, 4) is 11.8 Å². The zero-order chi connectivity index (χ0) is 15.2. The number of aryl methyl sites for hydroxylation is 1. The smallest absolute Gasteiger partial charge is 0.412 e. The van der Waals surface area contributed by atoms with Crippen LogP contribution >= 0.6 is 0 Å². The minimum absolute atomic E-state index is 0.439. The summed E-state index contributed by atoms with van der Waals surface area (Å²) in [5.74, 6) is 6.22. The highest BCUT2D eigenvalue weighted by atomic mass is 16.6. The van der Waals surface area contributed by atoms with Crippen molar-refractivity contribution in [2.24, 2.45) is 0 Å². The van der Waals surface area contributed by atoms with E-state index >= 15 is 0 Å². The largest absolute Gasteiger partial charge is 0.444 e. The summed E-state index contributed by atoms with van der Waals surface area (Å²) < 4.78 is 5.23. The lowest BCUT2D eigenvalue weighted by Crippen LogP contribution is -2.27. The highest BCUT2D eigenvalue weighted by molar-refractivity contribution is 5.86. The first-order chi connectivity index (χ1) is 9.31. The van der Waals surface area contributed by atoms with E-state index in [0.717, 1.165) is 29.7 Å². The summed E-state index contributed by atoms with van der Waals surface area (Å²) in [7, 11) is 0. The molecule has 0 unspecified atom stereocenters. The third kappa shape index (κ3) is 5.79. The molecule has 3 nitrogen and oxygen atoms in total. The number of anilines is 1. The molecule has 20 heavy (non-hydrogen) atoms. The van der Waals surface area contributed by atoms with Crippen LogP contribution in [0.4, 0.5) is 10.5 Å². The number of hydrogen-bond acceptors (Lipinski definition) is 2. The van der Waals surface area contributed by atoms with Crippen LogP contribution in [0.5, 0.6) is 0 Å². The number of benzene rings is 1. The summed E-state index contributed by atoms with van der Waals surface area (Å²) in [4.78, 5) is 11.7. The molecule has 0 radical (unpaired) electrons. The Balaban J connectivity index is 2.74. The lowest BCUT2D eigenvalue weighted by molar-refractivity contribution is 0.0636. The summed E-state index contributed by atoms with van der Waals surface area (Å²) in [5.41, 5.74) is 2.19. The first kappa shape index (κ1) is 16.1. The van der Waals surface area contributed by atoms with Crippen LogP contribution in [-0.4, -0.2) is 11.7 Å². The monoisotopic (exact) mass is 273 g/mol. The standard InChI is InChI=1S/C17H23NO2/c1-6-7-8-9-14-10-11-15(13(2)12-14)18-16(19)20-17(3,4)5/h10-12H,6-7H2,1-5H3,(H,18,19). The fourth-order valence-corrected chi connectivity index (χ4v) is 1.58. The number of rotatable bonds is 2. The third-order valence-electron chi connectivity index (χ3n) is 2.47. The Kier molecular flexibility index (Phi) is 5.64. The molecule has 1 amide bonds. The predicted octanol–water partition coefficient (Wildman–Crippen LogP) is 4.49. The van der Waals surface area contributed by atoms with Gasteiger partial charge in [0.15, 0.2) is 0 Å². The average Bonchev–Trinajstić information content (AvgIpc) is 2.30. The fraction of sp³-hybridized carbons (Fsp3) is 0.471. The zero-order valence-corrected chi connectivity index (χ0v) is 13.0. The van der Waals surface area contributed by atoms with E-state index in [4.69, 9.17) is 4.74 Å². The minimum Gasteiger partial charge on any atom is -0.444 e. The summed E-state index contributed by atoms with van der Waals surface area (Å²) in [6.45, 7) is 9.56. The predicted molar refractivity (Wildman–Crippen MR) is 82.8 cm³/mol. The van der Waals surface area contributed by atoms with Gasteiger partial charge in [-0.05, 0) is 57.9 Å². The molecule has 0 saturated heterocycles. The summed E-state index contributed by atoms with van der Waals surface area (Å²) in [6.07, 6.45) is 1.52. The van der Waals surface area contributed by atoms with E-state index < -0.39 is 11.7 Å². The molecule has 0 spiro atoms. The maximum absolute atomic E-state index is 11.7. The van der Waals surface area contributed by atoms with Crippen molar-refractivity contribution in [3.05, 3.63) is 29.3 Å². The normalized spacial score (nSPS) is 10.4. The zero-order valence-electron chi connectivity index (χ0n) is 13.0. The number of unbranched alkanes of at least 4 members (excludes halogenated alkanes) is 1. The van der Waals surface area contributed by atoms with Gasteiger partial charge in [0.1, 0.15) is 5.60 Å².